The summed E-state index contributed by atoms with van der Waals surface area (Å²) in [7, 11) is 0. The maximum Gasteiger partial charge on any atom is 0.121 e. The lowest BCUT2D eigenvalue weighted by Gasteiger charge is -2.11. The minimum atomic E-state index is -0.697. The van der Waals surface area contributed by atoms with Gasteiger partial charge in [-0.05, 0) is 50.5 Å². The molecule has 19 heavy (non-hydrogen) atoms. The van der Waals surface area contributed by atoms with Crippen molar-refractivity contribution in [3.8, 4) is 0 Å². The minimum Gasteiger partial charge on any atom is -0.382 e. The van der Waals surface area contributed by atoms with Crippen LogP contribution in [-0.4, -0.2) is 10.1 Å². The van der Waals surface area contributed by atoms with Crippen molar-refractivity contribution in [1.82, 2.24) is 4.98 Å². The lowest BCUT2D eigenvalue weighted by atomic mass is 10.0. The number of pyridine rings is 1. The van der Waals surface area contributed by atoms with E-state index in [0.717, 1.165) is 15.4 Å². The van der Waals surface area contributed by atoms with Gasteiger partial charge in [0.25, 0.3) is 0 Å². The van der Waals surface area contributed by atoms with Crippen molar-refractivity contribution in [2.24, 2.45) is 0 Å². The average Bonchev–Trinajstić information content (AvgIpc) is 2.47. The second kappa shape index (κ2) is 5.11. The van der Waals surface area contributed by atoms with Crippen LogP contribution in [0.1, 0.15) is 17.4 Å². The van der Waals surface area contributed by atoms with E-state index in [2.05, 4.69) is 27.0 Å². The van der Waals surface area contributed by atoms with Gasteiger partial charge in [-0.25, -0.2) is 0 Å². The highest BCUT2D eigenvalue weighted by atomic mass is 79.9. The Labute approximate surface area is 119 Å². The molecule has 0 aliphatic carbocycles. The van der Waals surface area contributed by atoms with Crippen LogP contribution in [0.2, 0.25) is 0 Å². The number of benzene rings is 2. The fourth-order valence-corrected chi connectivity index (χ4v) is 2.33. The molecule has 0 radical (unpaired) electrons. The summed E-state index contributed by atoms with van der Waals surface area (Å²) in [5, 5.41) is 12.7. The van der Waals surface area contributed by atoms with E-state index >= 15 is 0 Å². The zero-order valence-corrected chi connectivity index (χ0v) is 11.7. The lowest BCUT2D eigenvalue weighted by molar-refractivity contribution is 0.215. The molecule has 2 aromatic carbocycles. The van der Waals surface area contributed by atoms with E-state index < -0.39 is 6.10 Å². The van der Waals surface area contributed by atoms with E-state index in [1.807, 2.05) is 48.5 Å². The van der Waals surface area contributed by atoms with Gasteiger partial charge in [-0.3, -0.25) is 4.98 Å². The van der Waals surface area contributed by atoms with Crippen molar-refractivity contribution in [2.45, 2.75) is 6.10 Å². The van der Waals surface area contributed by atoms with Gasteiger partial charge in [0.2, 0.25) is 0 Å². The molecule has 1 unspecified atom stereocenters. The molecular weight excluding hydrogens is 302 g/mol. The standard InChI is InChI=1S/C16H12BrNO/c17-14-7-8-15(18-10-14)16(19)13-6-5-11-3-1-2-4-12(11)9-13/h1-10,16,19H. The van der Waals surface area contributed by atoms with Crippen LogP contribution in [0.3, 0.4) is 0 Å². The highest BCUT2D eigenvalue weighted by molar-refractivity contribution is 9.10. The Morgan fingerprint density at radius 1 is 0.947 bits per heavy atom. The van der Waals surface area contributed by atoms with Crippen molar-refractivity contribution in [3.63, 3.8) is 0 Å². The van der Waals surface area contributed by atoms with Crippen LogP contribution >= 0.6 is 15.9 Å². The maximum absolute atomic E-state index is 10.4. The predicted octanol–water partition coefficient (Wildman–Crippen LogP) is 4.08. The van der Waals surface area contributed by atoms with Gasteiger partial charge < -0.3 is 5.11 Å². The van der Waals surface area contributed by atoms with Gasteiger partial charge in [-0.15, -0.1) is 0 Å². The molecule has 0 spiro atoms. The highest BCUT2D eigenvalue weighted by Crippen LogP contribution is 2.24. The van der Waals surface area contributed by atoms with Crippen molar-refractivity contribution in [1.29, 1.82) is 0 Å². The number of fused-ring (bicyclic) bond motifs is 1. The van der Waals surface area contributed by atoms with E-state index in [-0.39, 0.29) is 0 Å². The topological polar surface area (TPSA) is 33.1 Å². The molecule has 0 saturated carbocycles. The summed E-state index contributed by atoms with van der Waals surface area (Å²) in [5.74, 6) is 0. The minimum absolute atomic E-state index is 0.651. The zero-order valence-electron chi connectivity index (χ0n) is 10.1. The van der Waals surface area contributed by atoms with Gasteiger partial charge in [0.05, 0.1) is 5.69 Å². The van der Waals surface area contributed by atoms with E-state index in [1.54, 1.807) is 6.20 Å². The molecule has 0 aliphatic heterocycles. The predicted molar refractivity (Wildman–Crippen MR) is 79.9 cm³/mol. The SMILES string of the molecule is OC(c1ccc2ccccc2c1)c1ccc(Br)cn1. The molecule has 1 atom stereocenters. The number of hydrogen-bond acceptors (Lipinski definition) is 2. The molecule has 0 fully saturated rings. The molecular formula is C16H12BrNO. The van der Waals surface area contributed by atoms with Gasteiger partial charge >= 0.3 is 0 Å². The van der Waals surface area contributed by atoms with Crippen LogP contribution in [-0.2, 0) is 0 Å². The van der Waals surface area contributed by atoms with Gasteiger partial charge in [-0.1, -0.05) is 36.4 Å². The largest absolute Gasteiger partial charge is 0.382 e. The molecule has 0 saturated heterocycles. The van der Waals surface area contributed by atoms with Crippen LogP contribution in [0.15, 0.2) is 65.3 Å². The summed E-state index contributed by atoms with van der Waals surface area (Å²) in [6.45, 7) is 0. The third-order valence-electron chi connectivity index (χ3n) is 3.12. The molecule has 1 N–H and O–H groups in total. The summed E-state index contributed by atoms with van der Waals surface area (Å²) < 4.78 is 0.905. The fraction of sp³-hybridized carbons (Fsp3) is 0.0625. The number of hydrogen-bond donors (Lipinski definition) is 1. The Kier molecular flexibility index (Phi) is 3.32. The van der Waals surface area contributed by atoms with Crippen LogP contribution in [0, 0.1) is 0 Å². The summed E-state index contributed by atoms with van der Waals surface area (Å²) in [5.41, 5.74) is 1.51. The van der Waals surface area contributed by atoms with Gasteiger partial charge in [0.15, 0.2) is 0 Å². The van der Waals surface area contributed by atoms with Gasteiger partial charge in [0.1, 0.15) is 6.10 Å². The molecule has 0 aliphatic rings. The molecule has 3 aromatic rings. The number of rotatable bonds is 2. The Bertz CT molecular complexity index is 709. The normalized spacial score (nSPS) is 12.5. The molecule has 2 nitrogen and oxygen atoms in total. The van der Waals surface area contributed by atoms with Gasteiger partial charge in [0, 0.05) is 10.7 Å². The first-order chi connectivity index (χ1) is 9.24. The number of aromatic nitrogens is 1. The Morgan fingerprint density at radius 2 is 1.74 bits per heavy atom. The quantitative estimate of drug-likeness (QED) is 0.773. The molecule has 0 amide bonds. The van der Waals surface area contributed by atoms with Crippen molar-refractivity contribution in [2.75, 3.05) is 0 Å². The second-order valence-electron chi connectivity index (χ2n) is 4.41. The van der Waals surface area contributed by atoms with Crippen LogP contribution < -0.4 is 0 Å². The van der Waals surface area contributed by atoms with Crippen molar-refractivity contribution < 1.29 is 5.11 Å². The molecule has 1 aromatic heterocycles. The van der Waals surface area contributed by atoms with Gasteiger partial charge in [-0.2, -0.15) is 0 Å². The van der Waals surface area contributed by atoms with E-state index in [0.29, 0.717) is 5.69 Å². The van der Waals surface area contributed by atoms with E-state index in [4.69, 9.17) is 0 Å². The molecule has 1 heterocycles. The average molecular weight is 314 g/mol. The van der Waals surface area contributed by atoms with Crippen molar-refractivity contribution in [3.05, 3.63) is 76.5 Å². The van der Waals surface area contributed by atoms with Crippen LogP contribution in [0.25, 0.3) is 10.8 Å². The summed E-state index contributed by atoms with van der Waals surface area (Å²) in [4.78, 5) is 4.24. The first kappa shape index (κ1) is 12.3. The number of nitrogens with zero attached hydrogens (tertiary/aromatic N) is 1. The fourth-order valence-electron chi connectivity index (χ4n) is 2.10. The summed E-state index contributed by atoms with van der Waals surface area (Å²) >= 11 is 3.34. The number of halogens is 1. The smallest absolute Gasteiger partial charge is 0.121 e. The highest BCUT2D eigenvalue weighted by Gasteiger charge is 2.11. The Morgan fingerprint density at radius 3 is 2.47 bits per heavy atom. The summed E-state index contributed by atoms with van der Waals surface area (Å²) in [6.07, 6.45) is 0.997. The first-order valence-corrected chi connectivity index (χ1v) is 6.81. The Balaban J connectivity index is 2.01. The maximum atomic E-state index is 10.4. The molecule has 94 valence electrons. The van der Waals surface area contributed by atoms with E-state index in [9.17, 15) is 5.11 Å². The summed E-state index contributed by atoms with van der Waals surface area (Å²) in [6, 6.07) is 17.8. The van der Waals surface area contributed by atoms with Crippen molar-refractivity contribution >= 4 is 26.7 Å². The molecule has 3 heteroatoms. The second-order valence-corrected chi connectivity index (χ2v) is 5.33. The number of aliphatic hydroxyl groups excluding tert-OH is 1. The number of aliphatic hydroxyl groups is 1. The Hall–Kier alpha value is -1.71. The third kappa shape index (κ3) is 2.53. The van der Waals surface area contributed by atoms with E-state index in [1.165, 1.54) is 5.39 Å². The first-order valence-electron chi connectivity index (χ1n) is 6.02. The monoisotopic (exact) mass is 313 g/mol. The van der Waals surface area contributed by atoms with Crippen LogP contribution in [0.5, 0.6) is 0 Å². The lowest BCUT2D eigenvalue weighted by Crippen LogP contribution is -2.01. The zero-order chi connectivity index (χ0) is 13.2. The molecule has 0 bridgehead atoms. The molecule has 3 rings (SSSR count). The third-order valence-corrected chi connectivity index (χ3v) is 3.59. The van der Waals surface area contributed by atoms with Crippen LogP contribution in [0.4, 0.5) is 0 Å².